The van der Waals surface area contributed by atoms with Crippen molar-refractivity contribution >= 4 is 17.5 Å². The van der Waals surface area contributed by atoms with Gasteiger partial charge >= 0.3 is 0 Å². The lowest BCUT2D eigenvalue weighted by Gasteiger charge is -2.27. The van der Waals surface area contributed by atoms with Crippen LogP contribution in [0.1, 0.15) is 0 Å². The van der Waals surface area contributed by atoms with E-state index in [1.54, 1.807) is 11.9 Å². The van der Waals surface area contributed by atoms with Crippen LogP contribution in [-0.4, -0.2) is 38.0 Å². The Morgan fingerprint density at radius 3 is 2.65 bits per heavy atom. The van der Waals surface area contributed by atoms with E-state index in [1.165, 1.54) is 0 Å². The summed E-state index contributed by atoms with van der Waals surface area (Å²) in [5.74, 6) is -0.118. The van der Waals surface area contributed by atoms with Crippen molar-refractivity contribution in [1.29, 1.82) is 0 Å². The second-order valence-corrected chi connectivity index (χ2v) is 3.97. The summed E-state index contributed by atoms with van der Waals surface area (Å²) >= 11 is 0. The molecular weight excluding hydrogens is 218 g/mol. The number of nitrogens with zero attached hydrogens (tertiary/aromatic N) is 1. The number of carbonyl (C=O) groups is 2. The molecule has 0 spiro atoms. The Labute approximate surface area is 99.8 Å². The number of anilines is 1. The third-order valence-electron chi connectivity index (χ3n) is 2.78. The van der Waals surface area contributed by atoms with Gasteiger partial charge in [0.05, 0.1) is 6.54 Å². The van der Waals surface area contributed by atoms with E-state index in [0.29, 0.717) is 6.54 Å². The van der Waals surface area contributed by atoms with Crippen LogP contribution in [0.5, 0.6) is 0 Å². The molecule has 90 valence electrons. The molecular formula is C12H15N3O2. The van der Waals surface area contributed by atoms with Crippen LogP contribution < -0.4 is 15.5 Å². The first kappa shape index (κ1) is 11.6. The number of hydrogen-bond acceptors (Lipinski definition) is 3. The zero-order chi connectivity index (χ0) is 12.3. The summed E-state index contributed by atoms with van der Waals surface area (Å²) in [6.07, 6.45) is 0. The summed E-state index contributed by atoms with van der Waals surface area (Å²) in [6.45, 7) is 0.536. The highest BCUT2D eigenvalue weighted by molar-refractivity contribution is 5.98. The summed E-state index contributed by atoms with van der Waals surface area (Å²) in [4.78, 5) is 24.7. The van der Waals surface area contributed by atoms with Gasteiger partial charge in [-0.05, 0) is 12.1 Å². The molecule has 2 amide bonds. The predicted molar refractivity (Wildman–Crippen MR) is 64.7 cm³/mol. The first-order valence-corrected chi connectivity index (χ1v) is 5.51. The highest BCUT2D eigenvalue weighted by atomic mass is 16.2. The number of likely N-dealkylation sites (N-methyl/N-ethyl adjacent to an activating group) is 1. The molecule has 1 atom stereocenters. The minimum atomic E-state index is -0.349. The van der Waals surface area contributed by atoms with E-state index in [1.807, 2.05) is 30.3 Å². The first-order valence-electron chi connectivity index (χ1n) is 5.51. The van der Waals surface area contributed by atoms with Crippen LogP contribution in [0.4, 0.5) is 5.69 Å². The smallest absolute Gasteiger partial charge is 0.245 e. The second-order valence-electron chi connectivity index (χ2n) is 3.97. The maximum Gasteiger partial charge on any atom is 0.245 e. The van der Waals surface area contributed by atoms with Crippen LogP contribution in [0.15, 0.2) is 30.3 Å². The van der Waals surface area contributed by atoms with Gasteiger partial charge in [-0.3, -0.25) is 14.9 Å². The number of hydrogen-bond donors (Lipinski definition) is 2. The number of piperazine rings is 1. The quantitative estimate of drug-likeness (QED) is 0.739. The Morgan fingerprint density at radius 2 is 2.06 bits per heavy atom. The van der Waals surface area contributed by atoms with E-state index < -0.39 is 0 Å². The van der Waals surface area contributed by atoms with Gasteiger partial charge in [0.15, 0.2) is 0 Å². The number of amides is 2. The van der Waals surface area contributed by atoms with Crippen molar-refractivity contribution in [1.82, 2.24) is 10.6 Å². The van der Waals surface area contributed by atoms with Crippen molar-refractivity contribution in [3.05, 3.63) is 30.3 Å². The standard InChI is InChI=1S/C12H15N3O2/c1-15(9-5-3-2-4-6-9)12(17)10-7-14-11(16)8-13-10/h2-6,10,13H,7-8H2,1H3,(H,14,16). The topological polar surface area (TPSA) is 61.4 Å². The fraction of sp³-hybridized carbons (Fsp3) is 0.333. The van der Waals surface area contributed by atoms with Crippen LogP contribution in [0.25, 0.3) is 0 Å². The second kappa shape index (κ2) is 4.97. The zero-order valence-electron chi connectivity index (χ0n) is 9.64. The van der Waals surface area contributed by atoms with Crippen LogP contribution in [0.2, 0.25) is 0 Å². The molecule has 2 rings (SSSR count). The molecule has 5 heteroatoms. The van der Waals surface area contributed by atoms with E-state index >= 15 is 0 Å². The lowest BCUT2D eigenvalue weighted by atomic mass is 10.2. The van der Waals surface area contributed by atoms with E-state index in [4.69, 9.17) is 0 Å². The molecule has 0 saturated carbocycles. The SMILES string of the molecule is CN(C(=O)C1CNC(=O)CN1)c1ccccc1. The van der Waals surface area contributed by atoms with Gasteiger partial charge in [0.25, 0.3) is 0 Å². The predicted octanol–water partition coefficient (Wildman–Crippen LogP) is -0.263. The van der Waals surface area contributed by atoms with Crippen LogP contribution in [0, 0.1) is 0 Å². The zero-order valence-corrected chi connectivity index (χ0v) is 9.64. The van der Waals surface area contributed by atoms with E-state index in [0.717, 1.165) is 5.69 Å². The molecule has 17 heavy (non-hydrogen) atoms. The fourth-order valence-electron chi connectivity index (χ4n) is 1.75. The van der Waals surface area contributed by atoms with Crippen LogP contribution in [-0.2, 0) is 9.59 Å². The van der Waals surface area contributed by atoms with Crippen molar-refractivity contribution in [2.75, 3.05) is 25.0 Å². The third-order valence-corrected chi connectivity index (χ3v) is 2.78. The molecule has 1 aromatic rings. The number of benzene rings is 1. The molecule has 5 nitrogen and oxygen atoms in total. The monoisotopic (exact) mass is 233 g/mol. The lowest BCUT2D eigenvalue weighted by Crippen LogP contribution is -2.58. The summed E-state index contributed by atoms with van der Waals surface area (Å²) in [5, 5.41) is 5.59. The van der Waals surface area contributed by atoms with Gasteiger partial charge in [-0.1, -0.05) is 18.2 Å². The van der Waals surface area contributed by atoms with Gasteiger partial charge in [0.2, 0.25) is 11.8 Å². The number of carbonyl (C=O) groups excluding carboxylic acids is 2. The fourth-order valence-corrected chi connectivity index (χ4v) is 1.75. The summed E-state index contributed by atoms with van der Waals surface area (Å²) in [7, 11) is 1.73. The first-order chi connectivity index (χ1) is 8.18. The highest BCUT2D eigenvalue weighted by Crippen LogP contribution is 2.12. The molecule has 2 N–H and O–H groups in total. The van der Waals surface area contributed by atoms with E-state index in [-0.39, 0.29) is 24.4 Å². The summed E-state index contributed by atoms with van der Waals surface area (Å²) < 4.78 is 0. The highest BCUT2D eigenvalue weighted by Gasteiger charge is 2.26. The summed E-state index contributed by atoms with van der Waals surface area (Å²) in [5.41, 5.74) is 0.844. The molecule has 1 aliphatic heterocycles. The molecule has 1 saturated heterocycles. The molecule has 1 heterocycles. The number of nitrogens with one attached hydrogen (secondary N) is 2. The van der Waals surface area contributed by atoms with Gasteiger partial charge in [0, 0.05) is 19.3 Å². The van der Waals surface area contributed by atoms with Gasteiger partial charge in [-0.25, -0.2) is 0 Å². The van der Waals surface area contributed by atoms with Crippen molar-refractivity contribution < 1.29 is 9.59 Å². The summed E-state index contributed by atoms with van der Waals surface area (Å²) in [6, 6.07) is 9.07. The Hall–Kier alpha value is -1.88. The van der Waals surface area contributed by atoms with E-state index in [2.05, 4.69) is 10.6 Å². The molecule has 1 fully saturated rings. The normalized spacial score (nSPS) is 19.6. The Balaban J connectivity index is 2.03. The van der Waals surface area contributed by atoms with Crippen molar-refractivity contribution in [3.63, 3.8) is 0 Å². The average Bonchev–Trinajstić information content (AvgIpc) is 2.39. The van der Waals surface area contributed by atoms with E-state index in [9.17, 15) is 9.59 Å². The average molecular weight is 233 g/mol. The molecule has 1 unspecified atom stereocenters. The molecule has 1 aromatic carbocycles. The van der Waals surface area contributed by atoms with Crippen LogP contribution in [0.3, 0.4) is 0 Å². The van der Waals surface area contributed by atoms with Crippen LogP contribution >= 0.6 is 0 Å². The molecule has 0 radical (unpaired) electrons. The van der Waals surface area contributed by atoms with Gasteiger partial charge < -0.3 is 10.2 Å². The minimum absolute atomic E-state index is 0.0452. The van der Waals surface area contributed by atoms with Gasteiger partial charge in [-0.2, -0.15) is 0 Å². The van der Waals surface area contributed by atoms with Crippen molar-refractivity contribution in [3.8, 4) is 0 Å². The number of rotatable bonds is 2. The minimum Gasteiger partial charge on any atom is -0.353 e. The van der Waals surface area contributed by atoms with Crippen molar-refractivity contribution in [2.24, 2.45) is 0 Å². The molecule has 0 aromatic heterocycles. The maximum absolute atomic E-state index is 12.1. The third kappa shape index (κ3) is 2.62. The lowest BCUT2D eigenvalue weighted by molar-refractivity contribution is -0.125. The number of para-hydroxylation sites is 1. The molecule has 0 aliphatic carbocycles. The van der Waals surface area contributed by atoms with Gasteiger partial charge in [-0.15, -0.1) is 0 Å². The largest absolute Gasteiger partial charge is 0.353 e. The molecule has 1 aliphatic rings. The molecule has 0 bridgehead atoms. The maximum atomic E-state index is 12.1. The Bertz CT molecular complexity index is 409. The van der Waals surface area contributed by atoms with Gasteiger partial charge in [0.1, 0.15) is 6.04 Å². The Morgan fingerprint density at radius 1 is 1.35 bits per heavy atom. The van der Waals surface area contributed by atoms with Crippen molar-refractivity contribution in [2.45, 2.75) is 6.04 Å². The Kier molecular flexibility index (Phi) is 3.39.